The summed E-state index contributed by atoms with van der Waals surface area (Å²) in [5, 5.41) is 11.3. The van der Waals surface area contributed by atoms with Gasteiger partial charge in [-0.2, -0.15) is 0 Å². The Kier molecular flexibility index (Phi) is 9.42. The molecule has 1 unspecified atom stereocenters. The number of hydrogen-bond acceptors (Lipinski definition) is 5. The first kappa shape index (κ1) is 17.4. The predicted octanol–water partition coefficient (Wildman–Crippen LogP) is 0.326. The standard InChI is InChI=1S/C12H21NO6/c1-3-19-11(15)7-6-10(14)13-9(12(16)17)5-4-8-18-2/h9H,3-8H2,1-2H3,(H,13,14)(H,16,17). The molecule has 0 aliphatic carbocycles. The monoisotopic (exact) mass is 275 g/mol. The maximum atomic E-state index is 11.5. The van der Waals surface area contributed by atoms with Crippen molar-refractivity contribution < 1.29 is 29.0 Å². The first-order valence-corrected chi connectivity index (χ1v) is 6.18. The fraction of sp³-hybridized carbons (Fsp3) is 0.750. The minimum absolute atomic E-state index is 0.0515. The number of amides is 1. The molecule has 0 aromatic rings. The molecule has 2 N–H and O–H groups in total. The van der Waals surface area contributed by atoms with Gasteiger partial charge in [-0.3, -0.25) is 9.59 Å². The second-order valence-corrected chi connectivity index (χ2v) is 3.90. The van der Waals surface area contributed by atoms with Gasteiger partial charge in [-0.1, -0.05) is 0 Å². The molecule has 7 nitrogen and oxygen atoms in total. The Bertz CT molecular complexity index is 305. The van der Waals surface area contributed by atoms with Gasteiger partial charge in [-0.15, -0.1) is 0 Å². The third-order valence-electron chi connectivity index (χ3n) is 2.34. The number of esters is 1. The summed E-state index contributed by atoms with van der Waals surface area (Å²) in [6.45, 7) is 2.37. The number of nitrogens with one attached hydrogen (secondary N) is 1. The summed E-state index contributed by atoms with van der Waals surface area (Å²) in [5.41, 5.74) is 0. The van der Waals surface area contributed by atoms with E-state index in [0.717, 1.165) is 0 Å². The van der Waals surface area contributed by atoms with Crippen LogP contribution in [0.5, 0.6) is 0 Å². The van der Waals surface area contributed by atoms with Crippen LogP contribution in [-0.4, -0.2) is 49.3 Å². The Morgan fingerprint density at radius 3 is 2.47 bits per heavy atom. The third kappa shape index (κ3) is 9.01. The number of aliphatic carboxylic acids is 1. The van der Waals surface area contributed by atoms with Crippen LogP contribution in [0.2, 0.25) is 0 Å². The van der Waals surface area contributed by atoms with E-state index in [2.05, 4.69) is 10.1 Å². The molecule has 7 heteroatoms. The van der Waals surface area contributed by atoms with E-state index >= 15 is 0 Å². The fourth-order valence-electron chi connectivity index (χ4n) is 1.40. The minimum Gasteiger partial charge on any atom is -0.480 e. The van der Waals surface area contributed by atoms with E-state index in [1.54, 1.807) is 6.92 Å². The summed E-state index contributed by atoms with van der Waals surface area (Å²) >= 11 is 0. The van der Waals surface area contributed by atoms with Crippen LogP contribution < -0.4 is 5.32 Å². The highest BCUT2D eigenvalue weighted by atomic mass is 16.5. The number of hydrogen-bond donors (Lipinski definition) is 2. The van der Waals surface area contributed by atoms with Crippen molar-refractivity contribution in [2.45, 2.75) is 38.6 Å². The van der Waals surface area contributed by atoms with Crippen molar-refractivity contribution in [3.8, 4) is 0 Å². The smallest absolute Gasteiger partial charge is 0.326 e. The van der Waals surface area contributed by atoms with Gasteiger partial charge in [0.1, 0.15) is 6.04 Å². The summed E-state index contributed by atoms with van der Waals surface area (Å²) in [5.74, 6) is -2.04. The summed E-state index contributed by atoms with van der Waals surface area (Å²) in [7, 11) is 1.52. The summed E-state index contributed by atoms with van der Waals surface area (Å²) in [6, 6.07) is -0.954. The molecule has 0 saturated heterocycles. The van der Waals surface area contributed by atoms with E-state index in [0.29, 0.717) is 13.0 Å². The van der Waals surface area contributed by atoms with Crippen LogP contribution in [0.15, 0.2) is 0 Å². The molecule has 0 rings (SSSR count). The molecule has 19 heavy (non-hydrogen) atoms. The zero-order valence-electron chi connectivity index (χ0n) is 11.3. The molecule has 0 spiro atoms. The molecule has 0 aliphatic heterocycles. The van der Waals surface area contributed by atoms with Gasteiger partial charge < -0.3 is 19.9 Å². The predicted molar refractivity (Wildman–Crippen MR) is 66.5 cm³/mol. The summed E-state index contributed by atoms with van der Waals surface area (Å²) in [6.07, 6.45) is 0.691. The van der Waals surface area contributed by atoms with Crippen LogP contribution in [0.3, 0.4) is 0 Å². The number of carboxylic acids is 1. The average Bonchev–Trinajstić information content (AvgIpc) is 2.35. The van der Waals surface area contributed by atoms with E-state index in [4.69, 9.17) is 9.84 Å². The van der Waals surface area contributed by atoms with Crippen molar-refractivity contribution in [2.75, 3.05) is 20.3 Å². The number of carbonyl (C=O) groups excluding carboxylic acids is 2. The lowest BCUT2D eigenvalue weighted by molar-refractivity contribution is -0.145. The maximum Gasteiger partial charge on any atom is 0.326 e. The minimum atomic E-state index is -1.10. The van der Waals surface area contributed by atoms with Crippen molar-refractivity contribution in [2.24, 2.45) is 0 Å². The van der Waals surface area contributed by atoms with Gasteiger partial charge in [0.2, 0.25) is 5.91 Å². The SMILES string of the molecule is CCOC(=O)CCC(=O)NC(CCCOC)C(=O)O. The lowest BCUT2D eigenvalue weighted by Gasteiger charge is -2.14. The third-order valence-corrected chi connectivity index (χ3v) is 2.34. The molecule has 0 aliphatic rings. The topological polar surface area (TPSA) is 102 Å². The molecule has 0 aromatic carbocycles. The number of rotatable bonds is 10. The first-order valence-electron chi connectivity index (χ1n) is 6.18. The van der Waals surface area contributed by atoms with E-state index in [-0.39, 0.29) is 25.9 Å². The van der Waals surface area contributed by atoms with Crippen LogP contribution in [0.4, 0.5) is 0 Å². The van der Waals surface area contributed by atoms with E-state index in [9.17, 15) is 14.4 Å². The highest BCUT2D eigenvalue weighted by molar-refractivity contribution is 5.85. The molecular formula is C12H21NO6. The van der Waals surface area contributed by atoms with Crippen LogP contribution in [-0.2, 0) is 23.9 Å². The summed E-state index contributed by atoms with van der Waals surface area (Å²) in [4.78, 5) is 33.5. The maximum absolute atomic E-state index is 11.5. The Labute approximate surface area is 112 Å². The molecule has 0 fully saturated rings. The summed E-state index contributed by atoms with van der Waals surface area (Å²) < 4.78 is 9.49. The van der Waals surface area contributed by atoms with Crippen LogP contribution >= 0.6 is 0 Å². The molecule has 0 bridgehead atoms. The molecule has 1 amide bonds. The quantitative estimate of drug-likeness (QED) is 0.440. The number of carboxylic acid groups (broad SMARTS) is 1. The Balaban J connectivity index is 4.02. The van der Waals surface area contributed by atoms with E-state index in [1.807, 2.05) is 0 Å². The van der Waals surface area contributed by atoms with Gasteiger partial charge in [0, 0.05) is 20.1 Å². The average molecular weight is 275 g/mol. The van der Waals surface area contributed by atoms with Crippen LogP contribution in [0, 0.1) is 0 Å². The second kappa shape index (κ2) is 10.3. The zero-order chi connectivity index (χ0) is 14.7. The second-order valence-electron chi connectivity index (χ2n) is 3.90. The molecule has 0 aromatic heterocycles. The number of methoxy groups -OCH3 is 1. The van der Waals surface area contributed by atoms with E-state index < -0.39 is 23.9 Å². The van der Waals surface area contributed by atoms with Gasteiger partial charge in [0.15, 0.2) is 0 Å². The van der Waals surface area contributed by atoms with E-state index in [1.165, 1.54) is 7.11 Å². The number of ether oxygens (including phenoxy) is 2. The lowest BCUT2D eigenvalue weighted by atomic mass is 10.1. The highest BCUT2D eigenvalue weighted by Crippen LogP contribution is 2.00. The van der Waals surface area contributed by atoms with Gasteiger partial charge in [0.25, 0.3) is 0 Å². The number of carbonyl (C=O) groups is 3. The highest BCUT2D eigenvalue weighted by Gasteiger charge is 2.19. The van der Waals surface area contributed by atoms with Crippen LogP contribution in [0.25, 0.3) is 0 Å². The van der Waals surface area contributed by atoms with Gasteiger partial charge in [-0.05, 0) is 19.8 Å². The van der Waals surface area contributed by atoms with Crippen LogP contribution in [0.1, 0.15) is 32.6 Å². The van der Waals surface area contributed by atoms with Crippen molar-refractivity contribution in [1.29, 1.82) is 0 Å². The lowest BCUT2D eigenvalue weighted by Crippen LogP contribution is -2.41. The van der Waals surface area contributed by atoms with Crippen molar-refractivity contribution in [3.63, 3.8) is 0 Å². The molecule has 110 valence electrons. The van der Waals surface area contributed by atoms with Gasteiger partial charge in [0.05, 0.1) is 13.0 Å². The fourth-order valence-corrected chi connectivity index (χ4v) is 1.40. The molecular weight excluding hydrogens is 254 g/mol. The zero-order valence-corrected chi connectivity index (χ0v) is 11.3. The Hall–Kier alpha value is -1.63. The molecule has 0 heterocycles. The normalized spacial score (nSPS) is 11.7. The molecule has 0 saturated carbocycles. The largest absolute Gasteiger partial charge is 0.480 e. The Morgan fingerprint density at radius 2 is 1.95 bits per heavy atom. The van der Waals surface area contributed by atoms with Crippen molar-refractivity contribution >= 4 is 17.8 Å². The van der Waals surface area contributed by atoms with Gasteiger partial charge in [-0.25, -0.2) is 4.79 Å². The Morgan fingerprint density at radius 1 is 1.26 bits per heavy atom. The van der Waals surface area contributed by atoms with Crippen molar-refractivity contribution in [1.82, 2.24) is 5.32 Å². The first-order chi connectivity index (χ1) is 9.01. The van der Waals surface area contributed by atoms with Gasteiger partial charge >= 0.3 is 11.9 Å². The molecule has 1 atom stereocenters. The van der Waals surface area contributed by atoms with Crippen molar-refractivity contribution in [3.05, 3.63) is 0 Å². The molecule has 0 radical (unpaired) electrons.